The molecular weight excluding hydrogens is 388 g/mol. The number of piperidine rings is 1. The van der Waals surface area contributed by atoms with E-state index in [4.69, 9.17) is 9.47 Å². The molecule has 0 aromatic heterocycles. The summed E-state index contributed by atoms with van der Waals surface area (Å²) in [5.41, 5.74) is 1.32. The summed E-state index contributed by atoms with van der Waals surface area (Å²) in [5.74, 6) is 1.53. The molecule has 6 nitrogen and oxygen atoms in total. The van der Waals surface area contributed by atoms with Gasteiger partial charge in [0.15, 0.2) is 0 Å². The number of benzene rings is 1. The lowest BCUT2D eigenvalue weighted by Gasteiger charge is -2.44. The third-order valence-corrected chi connectivity index (χ3v) is 7.50. The van der Waals surface area contributed by atoms with E-state index in [1.54, 1.807) is 0 Å². The third-order valence-electron chi connectivity index (χ3n) is 6.77. The van der Waals surface area contributed by atoms with E-state index in [1.165, 1.54) is 11.8 Å². The summed E-state index contributed by atoms with van der Waals surface area (Å²) in [6.07, 6.45) is 7.64. The predicted molar refractivity (Wildman–Crippen MR) is 114 cm³/mol. The number of rotatable bonds is 2. The van der Waals surface area contributed by atoms with E-state index in [9.17, 15) is 8.42 Å². The highest BCUT2D eigenvalue weighted by atomic mass is 32.2. The van der Waals surface area contributed by atoms with Gasteiger partial charge in [-0.25, -0.2) is 13.1 Å². The third kappa shape index (κ3) is 5.13. The zero-order valence-electron chi connectivity index (χ0n) is 17.5. The van der Waals surface area contributed by atoms with Crippen LogP contribution in [0.3, 0.4) is 0 Å². The Balaban J connectivity index is 1.60. The van der Waals surface area contributed by atoms with Crippen molar-refractivity contribution in [2.45, 2.75) is 75.6 Å². The Morgan fingerprint density at radius 2 is 1.83 bits per heavy atom. The molecule has 1 saturated carbocycles. The average Bonchev–Trinajstić information content (AvgIpc) is 2.71. The number of hydrogen-bond acceptors (Lipinski definition) is 5. The van der Waals surface area contributed by atoms with Crippen molar-refractivity contribution < 1.29 is 17.9 Å². The van der Waals surface area contributed by atoms with Gasteiger partial charge in [0.1, 0.15) is 12.4 Å². The van der Waals surface area contributed by atoms with Crippen molar-refractivity contribution in [2.75, 3.05) is 26.0 Å². The molecule has 0 unspecified atom stereocenters. The summed E-state index contributed by atoms with van der Waals surface area (Å²) in [6, 6.07) is 8.55. The summed E-state index contributed by atoms with van der Waals surface area (Å²) in [6.45, 7) is 4.27. The standard InChI is InChI=1S/C22H34N2O4S/c1-16-14-28-22-8-4-3-6-19(22)17-9-11-18(12-10-17)27-15-21-20(23-29(2,25)26)7-5-13-24(16)21/h3-4,6,8,16-18,20-21,23H,5,7,9-15H2,1-2H3/t16-,17-,18+,20+,21+/m1/s1. The Bertz CT molecular complexity index is 792. The first-order valence-corrected chi connectivity index (χ1v) is 12.9. The summed E-state index contributed by atoms with van der Waals surface area (Å²) in [5, 5.41) is 0. The van der Waals surface area contributed by atoms with Crippen LogP contribution in [0, 0.1) is 0 Å². The van der Waals surface area contributed by atoms with Gasteiger partial charge in [-0.1, -0.05) is 18.2 Å². The molecule has 3 atom stereocenters. The average molecular weight is 423 g/mol. The van der Waals surface area contributed by atoms with Crippen LogP contribution in [0.25, 0.3) is 0 Å². The van der Waals surface area contributed by atoms with Crippen molar-refractivity contribution >= 4 is 10.0 Å². The maximum Gasteiger partial charge on any atom is 0.209 e. The molecule has 1 aromatic carbocycles. The molecule has 0 radical (unpaired) electrons. The Kier molecular flexibility index (Phi) is 6.49. The number of hydrogen-bond donors (Lipinski definition) is 1. The van der Waals surface area contributed by atoms with Gasteiger partial charge in [0, 0.05) is 18.1 Å². The highest BCUT2D eigenvalue weighted by Gasteiger charge is 2.37. The Hall–Kier alpha value is -1.15. The van der Waals surface area contributed by atoms with Crippen molar-refractivity contribution in [1.82, 2.24) is 9.62 Å². The highest BCUT2D eigenvalue weighted by Crippen LogP contribution is 2.39. The molecule has 7 heteroatoms. The molecule has 4 aliphatic rings. The molecule has 29 heavy (non-hydrogen) atoms. The van der Waals surface area contributed by atoms with E-state index in [0.29, 0.717) is 19.1 Å². The summed E-state index contributed by atoms with van der Waals surface area (Å²) in [4.78, 5) is 2.39. The van der Waals surface area contributed by atoms with E-state index in [-0.39, 0.29) is 24.2 Å². The van der Waals surface area contributed by atoms with Crippen molar-refractivity contribution in [3.05, 3.63) is 29.8 Å². The number of para-hydroxylation sites is 1. The van der Waals surface area contributed by atoms with Gasteiger partial charge < -0.3 is 9.47 Å². The topological polar surface area (TPSA) is 67.9 Å². The molecule has 1 aromatic rings. The molecule has 162 valence electrons. The minimum absolute atomic E-state index is 0.0331. The van der Waals surface area contributed by atoms with Gasteiger partial charge in [0.05, 0.1) is 19.0 Å². The number of nitrogens with one attached hydrogen (secondary N) is 1. The van der Waals surface area contributed by atoms with Gasteiger partial charge in [0.25, 0.3) is 0 Å². The summed E-state index contributed by atoms with van der Waals surface area (Å²) < 4.78 is 39.5. The van der Waals surface area contributed by atoms with Gasteiger partial charge in [-0.15, -0.1) is 0 Å². The van der Waals surface area contributed by atoms with Crippen LogP contribution in [0.5, 0.6) is 5.75 Å². The SMILES string of the molecule is C[C@@H]1COc2ccccc2[C@H]2CC[C@H](CC2)OC[C@H]2[C@@H](NS(C)(=O)=O)CCCN12. The summed E-state index contributed by atoms with van der Waals surface area (Å²) >= 11 is 0. The van der Waals surface area contributed by atoms with Crippen molar-refractivity contribution in [2.24, 2.45) is 0 Å². The van der Waals surface area contributed by atoms with E-state index < -0.39 is 10.0 Å². The molecule has 5 rings (SSSR count). The molecule has 1 N–H and O–H groups in total. The monoisotopic (exact) mass is 422 g/mol. The molecule has 0 spiro atoms. The zero-order chi connectivity index (χ0) is 20.4. The first-order valence-electron chi connectivity index (χ1n) is 11.0. The quantitative estimate of drug-likeness (QED) is 0.794. The normalized spacial score (nSPS) is 34.1. The predicted octanol–water partition coefficient (Wildman–Crippen LogP) is 2.89. The molecule has 2 bridgehead atoms. The van der Waals surface area contributed by atoms with Gasteiger partial charge >= 0.3 is 0 Å². The first kappa shape index (κ1) is 21.1. The number of ether oxygens (including phenoxy) is 2. The molecular formula is C22H34N2O4S. The van der Waals surface area contributed by atoms with E-state index in [0.717, 1.165) is 50.8 Å². The first-order chi connectivity index (χ1) is 13.9. The fourth-order valence-corrected chi connectivity index (χ4v) is 6.11. The van der Waals surface area contributed by atoms with E-state index in [2.05, 4.69) is 34.7 Å². The number of sulfonamides is 1. The lowest BCUT2D eigenvalue weighted by atomic mass is 9.82. The van der Waals surface area contributed by atoms with Crippen molar-refractivity contribution in [1.29, 1.82) is 0 Å². The fourth-order valence-electron chi connectivity index (χ4n) is 5.29. The number of fused-ring (bicyclic) bond motifs is 5. The Morgan fingerprint density at radius 3 is 2.59 bits per heavy atom. The second-order valence-electron chi connectivity index (χ2n) is 8.95. The lowest BCUT2D eigenvalue weighted by Crippen LogP contribution is -2.60. The van der Waals surface area contributed by atoms with Gasteiger partial charge in [-0.05, 0) is 69.5 Å². The van der Waals surface area contributed by atoms with Gasteiger partial charge in [-0.3, -0.25) is 4.90 Å². The highest BCUT2D eigenvalue weighted by molar-refractivity contribution is 7.88. The molecule has 3 heterocycles. The molecule has 0 amide bonds. The lowest BCUT2D eigenvalue weighted by molar-refractivity contribution is -0.0402. The molecule has 2 fully saturated rings. The van der Waals surface area contributed by atoms with Crippen LogP contribution >= 0.6 is 0 Å². The van der Waals surface area contributed by atoms with Crippen LogP contribution in [-0.2, 0) is 14.8 Å². The second kappa shape index (κ2) is 8.92. The van der Waals surface area contributed by atoms with Crippen LogP contribution in [0.1, 0.15) is 56.9 Å². The Morgan fingerprint density at radius 1 is 1.07 bits per heavy atom. The maximum absolute atomic E-state index is 11.9. The van der Waals surface area contributed by atoms with E-state index in [1.807, 2.05) is 6.07 Å². The van der Waals surface area contributed by atoms with Crippen LogP contribution in [0.2, 0.25) is 0 Å². The van der Waals surface area contributed by atoms with Gasteiger partial charge in [-0.2, -0.15) is 0 Å². The van der Waals surface area contributed by atoms with Gasteiger partial charge in [0.2, 0.25) is 10.0 Å². The number of nitrogens with zero attached hydrogens (tertiary/aromatic N) is 1. The second-order valence-corrected chi connectivity index (χ2v) is 10.7. The summed E-state index contributed by atoms with van der Waals surface area (Å²) in [7, 11) is -3.26. The fraction of sp³-hybridized carbons (Fsp3) is 0.727. The van der Waals surface area contributed by atoms with E-state index >= 15 is 0 Å². The molecule has 1 aliphatic carbocycles. The van der Waals surface area contributed by atoms with Crippen LogP contribution in [0.4, 0.5) is 0 Å². The Labute approximate surface area is 175 Å². The largest absolute Gasteiger partial charge is 0.492 e. The minimum Gasteiger partial charge on any atom is -0.492 e. The van der Waals surface area contributed by atoms with Crippen LogP contribution in [0.15, 0.2) is 24.3 Å². The molecule has 1 saturated heterocycles. The van der Waals surface area contributed by atoms with Crippen molar-refractivity contribution in [3.63, 3.8) is 0 Å². The van der Waals surface area contributed by atoms with Crippen molar-refractivity contribution in [3.8, 4) is 5.75 Å². The molecule has 3 aliphatic heterocycles. The van der Waals surface area contributed by atoms with Crippen LogP contribution in [-0.4, -0.2) is 63.6 Å². The smallest absolute Gasteiger partial charge is 0.209 e. The minimum atomic E-state index is -3.26. The zero-order valence-corrected chi connectivity index (χ0v) is 18.4. The maximum atomic E-state index is 11.9. The van der Waals surface area contributed by atoms with Crippen LogP contribution < -0.4 is 9.46 Å².